The maximum Gasteiger partial charge on any atom is 0.305 e. The fraction of sp³-hybridized carbons (Fsp3) is 0.933. The second-order valence-corrected chi connectivity index (χ2v) is 5.24. The minimum Gasteiger partial charge on any atom is -0.469 e. The summed E-state index contributed by atoms with van der Waals surface area (Å²) < 4.78 is 10.2. The number of ether oxygens (including phenoxy) is 2. The zero-order valence-electron chi connectivity index (χ0n) is 12.0. The molecular formula is C15H28O3. The second kappa shape index (κ2) is 9.37. The van der Waals surface area contributed by atoms with Crippen LogP contribution in [0.4, 0.5) is 0 Å². The molecule has 0 N–H and O–H groups in total. The molecule has 1 rings (SSSR count). The Kier molecular flexibility index (Phi) is 8.06. The van der Waals surface area contributed by atoms with Crippen LogP contribution < -0.4 is 0 Å². The lowest BCUT2D eigenvalue weighted by molar-refractivity contribution is -0.140. The predicted molar refractivity (Wildman–Crippen MR) is 72.5 cm³/mol. The first-order chi connectivity index (χ1) is 8.77. The molecule has 0 bridgehead atoms. The molecule has 0 aromatic heterocycles. The van der Waals surface area contributed by atoms with Crippen molar-refractivity contribution in [2.45, 2.75) is 83.3 Å². The molecule has 0 aromatic rings. The number of methoxy groups -OCH3 is 1. The van der Waals surface area contributed by atoms with Crippen molar-refractivity contribution in [3.8, 4) is 0 Å². The summed E-state index contributed by atoms with van der Waals surface area (Å²) in [6, 6.07) is 0. The normalized spacial score (nSPS) is 21.9. The lowest BCUT2D eigenvalue weighted by Crippen LogP contribution is -2.00. The molecule has 0 spiro atoms. The summed E-state index contributed by atoms with van der Waals surface area (Å²) in [5.41, 5.74) is 0. The lowest BCUT2D eigenvalue weighted by atomic mass is 10.1. The molecule has 2 atom stereocenters. The summed E-state index contributed by atoms with van der Waals surface area (Å²) >= 11 is 0. The van der Waals surface area contributed by atoms with Crippen molar-refractivity contribution in [1.82, 2.24) is 0 Å². The summed E-state index contributed by atoms with van der Waals surface area (Å²) in [5.74, 6) is -0.0980. The van der Waals surface area contributed by atoms with Gasteiger partial charge in [-0.25, -0.2) is 0 Å². The van der Waals surface area contributed by atoms with Gasteiger partial charge in [0.05, 0.1) is 19.3 Å². The van der Waals surface area contributed by atoms with E-state index < -0.39 is 0 Å². The quantitative estimate of drug-likeness (QED) is 0.320. The van der Waals surface area contributed by atoms with Crippen LogP contribution in [0, 0.1) is 0 Å². The van der Waals surface area contributed by atoms with E-state index in [1.54, 1.807) is 0 Å². The summed E-state index contributed by atoms with van der Waals surface area (Å²) in [5, 5.41) is 0. The molecule has 106 valence electrons. The molecule has 0 radical (unpaired) electrons. The van der Waals surface area contributed by atoms with Crippen LogP contribution in [0.15, 0.2) is 0 Å². The van der Waals surface area contributed by atoms with E-state index in [1.807, 2.05) is 0 Å². The first-order valence-electron chi connectivity index (χ1n) is 7.50. The Morgan fingerprint density at radius 3 is 2.22 bits per heavy atom. The zero-order chi connectivity index (χ0) is 13.2. The Bertz CT molecular complexity index is 228. The third-order valence-corrected chi connectivity index (χ3v) is 3.63. The zero-order valence-corrected chi connectivity index (χ0v) is 12.0. The van der Waals surface area contributed by atoms with Crippen LogP contribution in [0.25, 0.3) is 0 Å². The van der Waals surface area contributed by atoms with Crippen LogP contribution >= 0.6 is 0 Å². The van der Waals surface area contributed by atoms with Crippen molar-refractivity contribution >= 4 is 5.97 Å². The Labute approximate surface area is 111 Å². The molecule has 3 heteroatoms. The molecule has 1 fully saturated rings. The van der Waals surface area contributed by atoms with Gasteiger partial charge in [0, 0.05) is 6.42 Å². The molecule has 2 unspecified atom stereocenters. The number of rotatable bonds is 11. The maximum atomic E-state index is 10.9. The van der Waals surface area contributed by atoms with Gasteiger partial charge in [0.25, 0.3) is 0 Å². The number of esters is 1. The Morgan fingerprint density at radius 2 is 1.61 bits per heavy atom. The topological polar surface area (TPSA) is 38.8 Å². The van der Waals surface area contributed by atoms with Crippen LogP contribution in [0.1, 0.15) is 71.1 Å². The van der Waals surface area contributed by atoms with Crippen LogP contribution in [0.5, 0.6) is 0 Å². The second-order valence-electron chi connectivity index (χ2n) is 5.24. The number of carbonyl (C=O) groups is 1. The van der Waals surface area contributed by atoms with E-state index in [1.165, 1.54) is 45.6 Å². The highest BCUT2D eigenvalue weighted by Gasteiger charge is 2.36. The van der Waals surface area contributed by atoms with Gasteiger partial charge in [-0.1, -0.05) is 45.4 Å². The van der Waals surface area contributed by atoms with Crippen molar-refractivity contribution in [1.29, 1.82) is 0 Å². The fourth-order valence-electron chi connectivity index (χ4n) is 2.35. The summed E-state index contributed by atoms with van der Waals surface area (Å²) in [6.07, 6.45) is 12.6. The number of hydrogen-bond donors (Lipinski definition) is 0. The standard InChI is InChI=1S/C15H28O3/c1-3-4-5-6-7-10-13-14(18-13)11-8-9-12-15(16)17-2/h13-14H,3-12H2,1-2H3. The number of unbranched alkanes of at least 4 members (excludes halogenated alkanes) is 5. The SMILES string of the molecule is CCCCCCCC1OC1CCCCC(=O)OC. The van der Waals surface area contributed by atoms with Crippen LogP contribution in [-0.4, -0.2) is 25.3 Å². The van der Waals surface area contributed by atoms with Crippen molar-refractivity contribution in [2.75, 3.05) is 7.11 Å². The van der Waals surface area contributed by atoms with E-state index in [4.69, 9.17) is 4.74 Å². The molecule has 0 aliphatic carbocycles. The fourth-order valence-corrected chi connectivity index (χ4v) is 2.35. The molecular weight excluding hydrogens is 228 g/mol. The number of hydrogen-bond acceptors (Lipinski definition) is 3. The van der Waals surface area contributed by atoms with Crippen LogP contribution in [-0.2, 0) is 14.3 Å². The minimum atomic E-state index is -0.0980. The van der Waals surface area contributed by atoms with E-state index in [0.717, 1.165) is 19.3 Å². The maximum absolute atomic E-state index is 10.9. The largest absolute Gasteiger partial charge is 0.469 e. The Balaban J connectivity index is 1.84. The van der Waals surface area contributed by atoms with Crippen molar-refractivity contribution in [2.24, 2.45) is 0 Å². The molecule has 0 amide bonds. The smallest absolute Gasteiger partial charge is 0.305 e. The highest BCUT2D eigenvalue weighted by atomic mass is 16.6. The third kappa shape index (κ3) is 7.00. The molecule has 1 saturated heterocycles. The Hall–Kier alpha value is -0.570. The van der Waals surface area contributed by atoms with Gasteiger partial charge in [-0.2, -0.15) is 0 Å². The molecule has 0 aromatic carbocycles. The lowest BCUT2D eigenvalue weighted by Gasteiger charge is -1.99. The van der Waals surface area contributed by atoms with Crippen molar-refractivity contribution in [3.05, 3.63) is 0 Å². The van der Waals surface area contributed by atoms with E-state index in [9.17, 15) is 4.79 Å². The monoisotopic (exact) mass is 256 g/mol. The molecule has 1 aliphatic heterocycles. The Morgan fingerprint density at radius 1 is 1.00 bits per heavy atom. The number of carbonyl (C=O) groups excluding carboxylic acids is 1. The third-order valence-electron chi connectivity index (χ3n) is 3.63. The number of epoxide rings is 1. The van der Waals surface area contributed by atoms with Crippen molar-refractivity contribution in [3.63, 3.8) is 0 Å². The first kappa shape index (κ1) is 15.5. The molecule has 3 nitrogen and oxygen atoms in total. The molecule has 18 heavy (non-hydrogen) atoms. The summed E-state index contributed by atoms with van der Waals surface area (Å²) in [4.78, 5) is 10.9. The van der Waals surface area contributed by atoms with Gasteiger partial charge in [-0.05, 0) is 19.3 Å². The van der Waals surface area contributed by atoms with Gasteiger partial charge >= 0.3 is 5.97 Å². The molecule has 1 aliphatic rings. The van der Waals surface area contributed by atoms with Gasteiger partial charge in [0.15, 0.2) is 0 Å². The average Bonchev–Trinajstić information content (AvgIpc) is 3.12. The van der Waals surface area contributed by atoms with E-state index >= 15 is 0 Å². The van der Waals surface area contributed by atoms with E-state index in [2.05, 4.69) is 11.7 Å². The van der Waals surface area contributed by atoms with Crippen LogP contribution in [0.3, 0.4) is 0 Å². The predicted octanol–water partition coefficient (Wildman–Crippen LogP) is 3.85. The van der Waals surface area contributed by atoms with Gasteiger partial charge in [-0.3, -0.25) is 4.79 Å². The summed E-state index contributed by atoms with van der Waals surface area (Å²) in [7, 11) is 1.45. The molecule has 1 heterocycles. The van der Waals surface area contributed by atoms with E-state index in [-0.39, 0.29) is 5.97 Å². The van der Waals surface area contributed by atoms with Crippen molar-refractivity contribution < 1.29 is 14.3 Å². The van der Waals surface area contributed by atoms with Gasteiger partial charge in [0.2, 0.25) is 0 Å². The highest BCUT2D eigenvalue weighted by Crippen LogP contribution is 2.31. The average molecular weight is 256 g/mol. The van der Waals surface area contributed by atoms with E-state index in [0.29, 0.717) is 18.6 Å². The summed E-state index contributed by atoms with van der Waals surface area (Å²) in [6.45, 7) is 2.24. The first-order valence-corrected chi connectivity index (χ1v) is 7.50. The minimum absolute atomic E-state index is 0.0980. The molecule has 0 saturated carbocycles. The van der Waals surface area contributed by atoms with Crippen LogP contribution in [0.2, 0.25) is 0 Å². The van der Waals surface area contributed by atoms with Gasteiger partial charge in [-0.15, -0.1) is 0 Å². The highest BCUT2D eigenvalue weighted by molar-refractivity contribution is 5.68. The van der Waals surface area contributed by atoms with Gasteiger partial charge in [0.1, 0.15) is 0 Å². The van der Waals surface area contributed by atoms with Gasteiger partial charge < -0.3 is 9.47 Å².